The van der Waals surface area contributed by atoms with Crippen LogP contribution in [0.1, 0.15) is 35.4 Å². The van der Waals surface area contributed by atoms with Crippen LogP contribution in [-0.4, -0.2) is 65.9 Å². The highest BCUT2D eigenvalue weighted by atomic mass is 79.9. The smallest absolute Gasteiger partial charge is 0.245 e. The van der Waals surface area contributed by atoms with Gasteiger partial charge in [-0.1, -0.05) is 6.07 Å². The standard InChI is InChI=1S/C27H23BrF2N6O3/c1-14(37)26-20-7-16(17-10-31-15(2)32-11-17)3-6-22(20)36(34-26)13-25(39)35-12-18(29)8-23(35)24(38)9-19-4-5-21(30)27(28)33-19/h3-7,10-11,18,23H,8-9,12-13H2,1-2H3/t18-,23+/m1/s1. The minimum absolute atomic E-state index is 0.0274. The first-order valence-corrected chi connectivity index (χ1v) is 13.0. The molecule has 2 atom stereocenters. The number of hydrogen-bond acceptors (Lipinski definition) is 7. The van der Waals surface area contributed by atoms with Gasteiger partial charge in [-0.25, -0.2) is 23.7 Å². The summed E-state index contributed by atoms with van der Waals surface area (Å²) >= 11 is 2.99. The van der Waals surface area contributed by atoms with Crippen LogP contribution in [0.3, 0.4) is 0 Å². The fraction of sp³-hybridized carbons (Fsp3) is 0.296. The third kappa shape index (κ3) is 5.47. The van der Waals surface area contributed by atoms with Gasteiger partial charge in [0, 0.05) is 42.4 Å². The van der Waals surface area contributed by atoms with Crippen molar-refractivity contribution in [3.05, 3.63) is 70.4 Å². The van der Waals surface area contributed by atoms with Gasteiger partial charge in [0.2, 0.25) is 5.91 Å². The second-order valence-corrected chi connectivity index (χ2v) is 10.2. The van der Waals surface area contributed by atoms with Crippen molar-refractivity contribution >= 4 is 44.3 Å². The molecule has 200 valence electrons. The van der Waals surface area contributed by atoms with Crippen molar-refractivity contribution in [3.63, 3.8) is 0 Å². The number of ketones is 2. The molecule has 0 aliphatic carbocycles. The number of hydrogen-bond donors (Lipinski definition) is 0. The number of pyridine rings is 1. The molecule has 9 nitrogen and oxygen atoms in total. The van der Waals surface area contributed by atoms with Gasteiger partial charge in [-0.2, -0.15) is 5.10 Å². The highest BCUT2D eigenvalue weighted by Crippen LogP contribution is 2.28. The molecule has 0 bridgehead atoms. The Balaban J connectivity index is 1.40. The summed E-state index contributed by atoms with van der Waals surface area (Å²) in [6.45, 7) is 2.66. The molecule has 1 aromatic carbocycles. The van der Waals surface area contributed by atoms with Crippen molar-refractivity contribution < 1.29 is 23.2 Å². The average molecular weight is 597 g/mol. The van der Waals surface area contributed by atoms with Crippen LogP contribution < -0.4 is 0 Å². The largest absolute Gasteiger partial charge is 0.328 e. The Labute approximate surface area is 230 Å². The van der Waals surface area contributed by atoms with Crippen LogP contribution >= 0.6 is 15.9 Å². The number of amides is 1. The van der Waals surface area contributed by atoms with E-state index >= 15 is 0 Å². The average Bonchev–Trinajstić information content (AvgIpc) is 3.47. The lowest BCUT2D eigenvalue weighted by molar-refractivity contribution is -0.138. The van der Waals surface area contributed by atoms with Crippen molar-refractivity contribution in [1.82, 2.24) is 29.6 Å². The molecule has 0 unspecified atom stereocenters. The molecule has 1 saturated heterocycles. The predicted molar refractivity (Wildman–Crippen MR) is 141 cm³/mol. The van der Waals surface area contributed by atoms with Gasteiger partial charge in [-0.05, 0) is 52.7 Å². The monoisotopic (exact) mass is 596 g/mol. The Morgan fingerprint density at radius 2 is 1.85 bits per heavy atom. The lowest BCUT2D eigenvalue weighted by Crippen LogP contribution is -2.43. The fourth-order valence-electron chi connectivity index (χ4n) is 4.72. The molecule has 4 heterocycles. The molecule has 12 heteroatoms. The van der Waals surface area contributed by atoms with E-state index in [0.29, 0.717) is 22.4 Å². The van der Waals surface area contributed by atoms with E-state index in [1.54, 1.807) is 31.5 Å². The Bertz CT molecular complexity index is 1610. The molecule has 1 aliphatic heterocycles. The number of Topliss-reactive ketones (excluding diaryl/α,β-unsaturated/α-hetero) is 2. The SMILES string of the molecule is CC(=O)c1nn(CC(=O)N2C[C@H](F)C[C@H]2C(=O)Cc2ccc(F)c(Br)n2)c2ccc(-c3cnc(C)nc3)cc12. The molecule has 1 aliphatic rings. The minimum atomic E-state index is -1.36. The van der Waals surface area contributed by atoms with E-state index in [1.165, 1.54) is 28.6 Å². The molecule has 1 amide bonds. The van der Waals surface area contributed by atoms with Crippen LogP contribution in [0.15, 0.2) is 47.3 Å². The first-order chi connectivity index (χ1) is 18.6. The molecular weight excluding hydrogens is 574 g/mol. The van der Waals surface area contributed by atoms with Crippen molar-refractivity contribution in [3.8, 4) is 11.1 Å². The summed E-state index contributed by atoms with van der Waals surface area (Å²) in [5.74, 6) is -1.11. The van der Waals surface area contributed by atoms with E-state index in [1.807, 2.05) is 6.07 Å². The van der Waals surface area contributed by atoms with Crippen LogP contribution in [0.4, 0.5) is 8.78 Å². The number of benzene rings is 1. The topological polar surface area (TPSA) is 111 Å². The van der Waals surface area contributed by atoms with Gasteiger partial charge in [0.25, 0.3) is 0 Å². The summed E-state index contributed by atoms with van der Waals surface area (Å²) < 4.78 is 29.3. The number of nitrogens with zero attached hydrogens (tertiary/aromatic N) is 6. The lowest BCUT2D eigenvalue weighted by atomic mass is 10.0. The molecule has 0 saturated carbocycles. The molecule has 0 spiro atoms. The number of alkyl halides is 1. The second kappa shape index (κ2) is 10.7. The lowest BCUT2D eigenvalue weighted by Gasteiger charge is -2.23. The summed E-state index contributed by atoms with van der Waals surface area (Å²) in [6.07, 6.45) is 1.70. The van der Waals surface area contributed by atoms with Gasteiger partial charge in [0.05, 0.1) is 24.5 Å². The molecule has 3 aromatic heterocycles. The Hall–Kier alpha value is -3.93. The van der Waals surface area contributed by atoms with Crippen molar-refractivity contribution in [2.75, 3.05) is 6.54 Å². The zero-order valence-electron chi connectivity index (χ0n) is 21.1. The van der Waals surface area contributed by atoms with Crippen LogP contribution in [0.25, 0.3) is 22.0 Å². The molecule has 39 heavy (non-hydrogen) atoms. The number of likely N-dealkylation sites (tertiary alicyclic amines) is 1. The highest BCUT2D eigenvalue weighted by molar-refractivity contribution is 9.10. The van der Waals surface area contributed by atoms with Gasteiger partial charge in [0.1, 0.15) is 28.8 Å². The van der Waals surface area contributed by atoms with E-state index in [0.717, 1.165) is 11.1 Å². The van der Waals surface area contributed by atoms with Crippen LogP contribution in [0.2, 0.25) is 0 Å². The first kappa shape index (κ1) is 26.7. The van der Waals surface area contributed by atoms with E-state index < -0.39 is 29.7 Å². The second-order valence-electron chi connectivity index (χ2n) is 9.43. The number of fused-ring (bicyclic) bond motifs is 1. The van der Waals surface area contributed by atoms with E-state index in [-0.39, 0.29) is 42.0 Å². The number of carbonyl (C=O) groups is 3. The number of rotatable bonds is 7. The normalized spacial score (nSPS) is 17.1. The van der Waals surface area contributed by atoms with Crippen LogP contribution in [-0.2, 0) is 22.6 Å². The predicted octanol–water partition coefficient (Wildman–Crippen LogP) is 4.05. The summed E-state index contributed by atoms with van der Waals surface area (Å²) in [6, 6.07) is 6.93. The molecule has 5 rings (SSSR count). The summed E-state index contributed by atoms with van der Waals surface area (Å²) in [5.41, 5.74) is 2.59. The Morgan fingerprint density at radius 1 is 1.10 bits per heavy atom. The van der Waals surface area contributed by atoms with Crippen molar-refractivity contribution in [2.45, 2.75) is 45.4 Å². The summed E-state index contributed by atoms with van der Waals surface area (Å²) in [7, 11) is 0. The van der Waals surface area contributed by atoms with Gasteiger partial charge >= 0.3 is 0 Å². The van der Waals surface area contributed by atoms with E-state index in [2.05, 4.69) is 36.0 Å². The van der Waals surface area contributed by atoms with E-state index in [4.69, 9.17) is 0 Å². The van der Waals surface area contributed by atoms with Gasteiger partial charge < -0.3 is 4.90 Å². The number of halogens is 3. The van der Waals surface area contributed by atoms with Crippen molar-refractivity contribution in [2.24, 2.45) is 0 Å². The van der Waals surface area contributed by atoms with Crippen LogP contribution in [0, 0.1) is 12.7 Å². The zero-order chi connectivity index (χ0) is 27.8. The maximum Gasteiger partial charge on any atom is 0.245 e. The molecule has 0 radical (unpaired) electrons. The number of aromatic nitrogens is 5. The maximum absolute atomic E-state index is 14.4. The zero-order valence-corrected chi connectivity index (χ0v) is 22.7. The van der Waals surface area contributed by atoms with Gasteiger partial charge in [-0.3, -0.25) is 19.1 Å². The van der Waals surface area contributed by atoms with E-state index in [9.17, 15) is 23.2 Å². The number of carbonyl (C=O) groups excluding carboxylic acids is 3. The summed E-state index contributed by atoms with van der Waals surface area (Å²) in [4.78, 5) is 52.4. The maximum atomic E-state index is 14.4. The molecular formula is C27H23BrF2N6O3. The molecule has 4 aromatic rings. The quantitative estimate of drug-likeness (QED) is 0.234. The Morgan fingerprint density at radius 3 is 2.54 bits per heavy atom. The highest BCUT2D eigenvalue weighted by Gasteiger charge is 2.39. The third-order valence-corrected chi connectivity index (χ3v) is 7.20. The number of aryl methyl sites for hydroxylation is 1. The molecule has 0 N–H and O–H groups in total. The van der Waals surface area contributed by atoms with Crippen LogP contribution in [0.5, 0.6) is 0 Å². The minimum Gasteiger partial charge on any atom is -0.328 e. The molecule has 1 fully saturated rings. The van der Waals surface area contributed by atoms with Gasteiger partial charge in [0.15, 0.2) is 17.4 Å². The fourth-order valence-corrected chi connectivity index (χ4v) is 5.08. The van der Waals surface area contributed by atoms with Crippen molar-refractivity contribution in [1.29, 1.82) is 0 Å². The third-order valence-electron chi connectivity index (χ3n) is 6.64. The van der Waals surface area contributed by atoms with Gasteiger partial charge in [-0.15, -0.1) is 0 Å². The Kier molecular flexibility index (Phi) is 7.30. The first-order valence-electron chi connectivity index (χ1n) is 12.2. The summed E-state index contributed by atoms with van der Waals surface area (Å²) in [5, 5.41) is 4.94.